The molecule has 0 aliphatic heterocycles. The number of aromatic nitrogens is 3. The average Bonchev–Trinajstić information content (AvgIpc) is 2.41. The highest BCUT2D eigenvalue weighted by Gasteiger charge is 2.12. The number of fused-ring (bicyclic) bond motifs is 1. The van der Waals surface area contributed by atoms with E-state index < -0.39 is 17.1 Å². The molecule has 0 fully saturated rings. The van der Waals surface area contributed by atoms with Gasteiger partial charge in [-0.2, -0.15) is 0 Å². The van der Waals surface area contributed by atoms with E-state index in [0.29, 0.717) is 0 Å². The van der Waals surface area contributed by atoms with E-state index in [1.54, 1.807) is 12.1 Å². The van der Waals surface area contributed by atoms with Crippen LogP contribution in [0, 0.1) is 5.82 Å². The third-order valence-corrected chi connectivity index (χ3v) is 2.76. The van der Waals surface area contributed by atoms with E-state index in [2.05, 4.69) is 9.97 Å². The molecular weight excluding hydrogens is 249 g/mol. The maximum atomic E-state index is 13.8. The van der Waals surface area contributed by atoms with Gasteiger partial charge in [-0.15, -0.1) is 0 Å². The Morgan fingerprint density at radius 3 is 2.68 bits per heavy atom. The van der Waals surface area contributed by atoms with E-state index in [1.165, 1.54) is 30.5 Å². The second-order valence-electron chi connectivity index (χ2n) is 3.92. The van der Waals surface area contributed by atoms with Crippen LogP contribution in [-0.2, 0) is 0 Å². The number of rotatable bonds is 1. The molecule has 1 N–H and O–H groups in total. The Labute approximate surface area is 106 Å². The lowest BCUT2D eigenvalue weighted by molar-refractivity contribution is 0.616. The van der Waals surface area contributed by atoms with Crippen molar-refractivity contribution in [2.45, 2.75) is 0 Å². The smallest absolute Gasteiger partial charge is 0.273 e. The van der Waals surface area contributed by atoms with Crippen molar-refractivity contribution in [2.75, 3.05) is 0 Å². The van der Waals surface area contributed by atoms with Crippen molar-refractivity contribution in [2.24, 2.45) is 0 Å². The van der Waals surface area contributed by atoms with Crippen LogP contribution in [0.25, 0.3) is 16.7 Å². The second kappa shape index (κ2) is 4.16. The number of hydrogen-bond donors (Lipinski definition) is 1. The standard InChI is InChI=1S/C13H8FN3O2/c14-9-5-1-2-6-10(9)17-11-8(4-3-7-15-11)12(18)16-13(17)19/h1-7H,(H,16,18,19). The first-order valence-corrected chi connectivity index (χ1v) is 5.53. The van der Waals surface area contributed by atoms with E-state index in [0.717, 1.165) is 4.57 Å². The molecule has 0 saturated heterocycles. The number of H-pyrrole nitrogens is 1. The van der Waals surface area contributed by atoms with E-state index >= 15 is 0 Å². The summed E-state index contributed by atoms with van der Waals surface area (Å²) in [7, 11) is 0. The molecule has 6 heteroatoms. The number of para-hydroxylation sites is 1. The number of halogens is 1. The fraction of sp³-hybridized carbons (Fsp3) is 0. The average molecular weight is 257 g/mol. The van der Waals surface area contributed by atoms with Gasteiger partial charge in [-0.3, -0.25) is 9.78 Å². The monoisotopic (exact) mass is 257 g/mol. The van der Waals surface area contributed by atoms with Gasteiger partial charge < -0.3 is 0 Å². The first-order chi connectivity index (χ1) is 9.18. The molecule has 5 nitrogen and oxygen atoms in total. The van der Waals surface area contributed by atoms with Crippen molar-refractivity contribution in [1.82, 2.24) is 14.5 Å². The summed E-state index contributed by atoms with van der Waals surface area (Å²) in [6.07, 6.45) is 1.44. The maximum Gasteiger partial charge on any atom is 0.334 e. The van der Waals surface area contributed by atoms with E-state index in [9.17, 15) is 14.0 Å². The minimum absolute atomic E-state index is 0.0486. The van der Waals surface area contributed by atoms with Gasteiger partial charge in [0.2, 0.25) is 0 Å². The lowest BCUT2D eigenvalue weighted by Crippen LogP contribution is -2.30. The molecule has 3 rings (SSSR count). The Hall–Kier alpha value is -2.76. The predicted octanol–water partition coefficient (Wildman–Crippen LogP) is 1.21. The SMILES string of the molecule is O=c1[nH]c(=O)n(-c2ccccc2F)c2ncccc12. The zero-order chi connectivity index (χ0) is 13.4. The Morgan fingerprint density at radius 1 is 1.11 bits per heavy atom. The van der Waals surface area contributed by atoms with Gasteiger partial charge in [0.25, 0.3) is 5.56 Å². The van der Waals surface area contributed by atoms with Gasteiger partial charge in [-0.25, -0.2) is 18.7 Å². The Bertz CT molecular complexity index is 883. The van der Waals surface area contributed by atoms with Gasteiger partial charge in [0, 0.05) is 6.20 Å². The van der Waals surface area contributed by atoms with Crippen LogP contribution in [0.1, 0.15) is 0 Å². The van der Waals surface area contributed by atoms with Crippen LogP contribution in [0.15, 0.2) is 52.2 Å². The third-order valence-electron chi connectivity index (χ3n) is 2.76. The number of nitrogens with zero attached hydrogens (tertiary/aromatic N) is 2. The molecule has 0 saturated carbocycles. The fourth-order valence-electron chi connectivity index (χ4n) is 1.93. The van der Waals surface area contributed by atoms with Crippen LogP contribution in [-0.4, -0.2) is 14.5 Å². The molecule has 1 aromatic carbocycles. The van der Waals surface area contributed by atoms with Crippen molar-refractivity contribution in [1.29, 1.82) is 0 Å². The van der Waals surface area contributed by atoms with E-state index in [4.69, 9.17) is 0 Å². The van der Waals surface area contributed by atoms with Gasteiger partial charge in [-0.1, -0.05) is 12.1 Å². The van der Waals surface area contributed by atoms with Crippen LogP contribution in [0.2, 0.25) is 0 Å². The highest BCUT2D eigenvalue weighted by molar-refractivity contribution is 5.75. The molecule has 3 aromatic rings. The summed E-state index contributed by atoms with van der Waals surface area (Å²) < 4.78 is 14.9. The summed E-state index contributed by atoms with van der Waals surface area (Å²) in [4.78, 5) is 29.7. The number of nitrogens with one attached hydrogen (secondary N) is 1. The lowest BCUT2D eigenvalue weighted by Gasteiger charge is -2.08. The molecule has 19 heavy (non-hydrogen) atoms. The van der Waals surface area contributed by atoms with Crippen LogP contribution >= 0.6 is 0 Å². The Kier molecular flexibility index (Phi) is 2.49. The maximum absolute atomic E-state index is 13.8. The Morgan fingerprint density at radius 2 is 1.89 bits per heavy atom. The molecule has 0 aliphatic carbocycles. The highest BCUT2D eigenvalue weighted by Crippen LogP contribution is 2.14. The van der Waals surface area contributed by atoms with Crippen molar-refractivity contribution in [3.63, 3.8) is 0 Å². The molecule has 0 spiro atoms. The molecule has 2 aromatic heterocycles. The molecule has 2 heterocycles. The second-order valence-corrected chi connectivity index (χ2v) is 3.92. The Balaban J connectivity index is 2.52. The van der Waals surface area contributed by atoms with Crippen molar-refractivity contribution in [3.8, 4) is 5.69 Å². The number of aromatic amines is 1. The first kappa shape index (κ1) is 11.3. The van der Waals surface area contributed by atoms with Crippen molar-refractivity contribution >= 4 is 11.0 Å². The minimum Gasteiger partial charge on any atom is -0.273 e. The van der Waals surface area contributed by atoms with Gasteiger partial charge in [0.05, 0.1) is 11.1 Å². The van der Waals surface area contributed by atoms with Crippen molar-refractivity contribution in [3.05, 3.63) is 69.3 Å². The van der Waals surface area contributed by atoms with Crippen molar-refractivity contribution < 1.29 is 4.39 Å². The molecule has 0 bridgehead atoms. The van der Waals surface area contributed by atoms with Crippen LogP contribution in [0.4, 0.5) is 4.39 Å². The lowest BCUT2D eigenvalue weighted by atomic mass is 10.3. The first-order valence-electron chi connectivity index (χ1n) is 5.53. The largest absolute Gasteiger partial charge is 0.334 e. The fourth-order valence-corrected chi connectivity index (χ4v) is 1.93. The van der Waals surface area contributed by atoms with E-state index in [1.807, 2.05) is 0 Å². The molecule has 0 atom stereocenters. The van der Waals surface area contributed by atoms with Crippen LogP contribution in [0.3, 0.4) is 0 Å². The van der Waals surface area contributed by atoms with Gasteiger partial charge in [0.1, 0.15) is 5.82 Å². The predicted molar refractivity (Wildman–Crippen MR) is 67.9 cm³/mol. The quantitative estimate of drug-likeness (QED) is 0.712. The summed E-state index contributed by atoms with van der Waals surface area (Å²) in [5.41, 5.74) is -1.09. The number of hydrogen-bond acceptors (Lipinski definition) is 3. The molecule has 0 unspecified atom stereocenters. The summed E-state index contributed by atoms with van der Waals surface area (Å²) in [6, 6.07) is 8.91. The molecule has 94 valence electrons. The number of pyridine rings is 1. The van der Waals surface area contributed by atoms with Crippen LogP contribution < -0.4 is 11.2 Å². The van der Waals surface area contributed by atoms with Crippen LogP contribution in [0.5, 0.6) is 0 Å². The highest BCUT2D eigenvalue weighted by atomic mass is 19.1. The van der Waals surface area contributed by atoms with Gasteiger partial charge in [0.15, 0.2) is 5.65 Å². The summed E-state index contributed by atoms with van der Waals surface area (Å²) >= 11 is 0. The van der Waals surface area contributed by atoms with Gasteiger partial charge in [-0.05, 0) is 24.3 Å². The third kappa shape index (κ3) is 1.74. The molecule has 0 amide bonds. The summed E-state index contributed by atoms with van der Waals surface area (Å²) in [6.45, 7) is 0. The molecule has 0 aliphatic rings. The molecular formula is C13H8FN3O2. The minimum atomic E-state index is -0.721. The summed E-state index contributed by atoms with van der Waals surface area (Å²) in [5.74, 6) is -0.566. The topological polar surface area (TPSA) is 67.8 Å². The normalized spacial score (nSPS) is 10.8. The summed E-state index contributed by atoms with van der Waals surface area (Å²) in [5, 5.41) is 0.227. The molecule has 0 radical (unpaired) electrons. The van der Waals surface area contributed by atoms with E-state index in [-0.39, 0.29) is 16.7 Å². The van der Waals surface area contributed by atoms with Gasteiger partial charge >= 0.3 is 5.69 Å². The zero-order valence-electron chi connectivity index (χ0n) is 9.63. The zero-order valence-corrected chi connectivity index (χ0v) is 9.63. The number of benzene rings is 1.